The number of hydrogen-bond donors (Lipinski definition) is 1. The third-order valence-electron chi connectivity index (χ3n) is 6.06. The first kappa shape index (κ1) is 21.5. The van der Waals surface area contributed by atoms with Crippen molar-refractivity contribution in [1.29, 1.82) is 0 Å². The summed E-state index contributed by atoms with van der Waals surface area (Å²) < 4.78 is 18.8. The van der Waals surface area contributed by atoms with Crippen LogP contribution in [-0.4, -0.2) is 36.2 Å². The minimum absolute atomic E-state index is 0. The van der Waals surface area contributed by atoms with Gasteiger partial charge in [0, 0.05) is 35.0 Å². The summed E-state index contributed by atoms with van der Waals surface area (Å²) in [5.41, 5.74) is 6.69. The lowest BCUT2D eigenvalue weighted by Crippen LogP contribution is -3.00. The van der Waals surface area contributed by atoms with Crippen LogP contribution in [0.25, 0.3) is 17.3 Å². The molecule has 0 unspecified atom stereocenters. The van der Waals surface area contributed by atoms with Crippen molar-refractivity contribution in [2.45, 2.75) is 19.3 Å². The van der Waals surface area contributed by atoms with E-state index in [1.54, 1.807) is 7.11 Å². The summed E-state index contributed by atoms with van der Waals surface area (Å²) in [5.74, 6) is 2.34. The van der Waals surface area contributed by atoms with Gasteiger partial charge in [0.1, 0.15) is 12.8 Å². The van der Waals surface area contributed by atoms with Crippen molar-refractivity contribution in [3.8, 4) is 28.5 Å². The third-order valence-corrected chi connectivity index (χ3v) is 6.06. The Hall–Kier alpha value is -2.74. The van der Waals surface area contributed by atoms with E-state index in [0.29, 0.717) is 0 Å². The number of H-pyrrole nitrogens is 1. The van der Waals surface area contributed by atoms with Gasteiger partial charge >= 0.3 is 0 Å². The van der Waals surface area contributed by atoms with Crippen LogP contribution in [0.5, 0.6) is 17.2 Å². The highest BCUT2D eigenvalue weighted by atomic mass is 127. The van der Waals surface area contributed by atoms with Crippen LogP contribution in [0.2, 0.25) is 0 Å². The van der Waals surface area contributed by atoms with Crippen molar-refractivity contribution < 1.29 is 42.8 Å². The average Bonchev–Trinajstić information content (AvgIpc) is 3.43. The summed E-state index contributed by atoms with van der Waals surface area (Å²) in [5, 5.41) is 0. The molecule has 2 aliphatic heterocycles. The van der Waals surface area contributed by atoms with E-state index in [1.807, 2.05) is 24.3 Å². The van der Waals surface area contributed by atoms with E-state index in [4.69, 9.17) is 14.2 Å². The number of ether oxygens (including phenoxy) is 3. The molecule has 0 saturated heterocycles. The molecule has 1 N–H and O–H groups in total. The number of aromatic amines is 1. The fourth-order valence-electron chi connectivity index (χ4n) is 4.43. The molecule has 6 heteroatoms. The maximum absolute atomic E-state index is 5.63. The van der Waals surface area contributed by atoms with Gasteiger partial charge in [0.15, 0.2) is 17.2 Å². The fraction of sp³-hybridized carbons (Fsp3) is 0.240. The van der Waals surface area contributed by atoms with Gasteiger partial charge in [-0.1, -0.05) is 18.2 Å². The van der Waals surface area contributed by atoms with Gasteiger partial charge in [0.2, 0.25) is 12.5 Å². The molecule has 31 heavy (non-hydrogen) atoms. The molecule has 160 valence electrons. The Morgan fingerprint density at radius 1 is 1.03 bits per heavy atom. The molecular weight excluding hydrogens is 503 g/mol. The van der Waals surface area contributed by atoms with Crippen LogP contribution in [0.1, 0.15) is 25.1 Å². The molecule has 5 nitrogen and oxygen atoms in total. The zero-order chi connectivity index (χ0) is 20.9. The molecule has 3 aromatic rings. The number of halogens is 1. The zero-order valence-electron chi connectivity index (χ0n) is 18.0. The third kappa shape index (κ3) is 3.52. The van der Waals surface area contributed by atoms with Gasteiger partial charge in [-0.05, 0) is 38.1 Å². The summed E-state index contributed by atoms with van der Waals surface area (Å²) in [4.78, 5) is 3.49. The number of benzene rings is 2. The van der Waals surface area contributed by atoms with Gasteiger partial charge < -0.3 is 43.2 Å². The Balaban J connectivity index is 0.00000231. The van der Waals surface area contributed by atoms with Gasteiger partial charge in [0.05, 0.1) is 18.2 Å². The Morgan fingerprint density at radius 3 is 2.58 bits per heavy atom. The second-order valence-electron chi connectivity index (χ2n) is 8.15. The van der Waals surface area contributed by atoms with Crippen LogP contribution in [0.15, 0.2) is 54.6 Å². The Kier molecular flexibility index (Phi) is 5.60. The number of aromatic nitrogens is 1. The van der Waals surface area contributed by atoms with E-state index >= 15 is 0 Å². The second-order valence-corrected chi connectivity index (χ2v) is 8.15. The Morgan fingerprint density at radius 2 is 1.81 bits per heavy atom. The normalized spacial score (nSPS) is 15.9. The second kappa shape index (κ2) is 8.07. The van der Waals surface area contributed by atoms with E-state index in [9.17, 15) is 0 Å². The molecule has 3 heterocycles. The van der Waals surface area contributed by atoms with Gasteiger partial charge in [0.25, 0.3) is 0 Å². The van der Waals surface area contributed by atoms with Crippen molar-refractivity contribution >= 4 is 17.5 Å². The summed E-state index contributed by atoms with van der Waals surface area (Å²) in [6, 6.07) is 16.5. The molecule has 5 rings (SSSR count). The van der Waals surface area contributed by atoms with Crippen LogP contribution in [0.3, 0.4) is 0 Å². The number of hydrogen-bond acceptors (Lipinski definition) is 3. The number of methoxy groups -OCH3 is 1. The van der Waals surface area contributed by atoms with E-state index in [0.717, 1.165) is 34.2 Å². The summed E-state index contributed by atoms with van der Waals surface area (Å²) in [7, 11) is 3.82. The number of nitrogens with zero attached hydrogens (tertiary/aromatic N) is 1. The van der Waals surface area contributed by atoms with Gasteiger partial charge in [-0.25, -0.2) is 0 Å². The van der Waals surface area contributed by atoms with Gasteiger partial charge in [-0.3, -0.25) is 0 Å². The molecule has 0 saturated carbocycles. The molecule has 2 aliphatic rings. The lowest BCUT2D eigenvalue weighted by molar-refractivity contribution is -0.401. The van der Waals surface area contributed by atoms with Crippen LogP contribution in [-0.2, 0) is 5.41 Å². The van der Waals surface area contributed by atoms with Crippen LogP contribution in [0.4, 0.5) is 5.69 Å². The molecule has 1 aromatic heterocycles. The highest BCUT2D eigenvalue weighted by Crippen LogP contribution is 2.40. The minimum Gasteiger partial charge on any atom is -1.00 e. The lowest BCUT2D eigenvalue weighted by Gasteiger charge is -2.15. The maximum Gasteiger partial charge on any atom is 0.231 e. The summed E-state index contributed by atoms with van der Waals surface area (Å²) >= 11 is 0. The highest BCUT2D eigenvalue weighted by molar-refractivity contribution is 6.05. The summed E-state index contributed by atoms with van der Waals surface area (Å²) in [6.45, 7) is 4.79. The minimum atomic E-state index is -0.0676. The topological polar surface area (TPSA) is 46.5 Å². The molecule has 0 radical (unpaired) electrons. The molecule has 2 aromatic carbocycles. The Bertz CT molecular complexity index is 1210. The molecule has 0 spiro atoms. The van der Waals surface area contributed by atoms with Crippen LogP contribution in [0, 0.1) is 0 Å². The molecule has 0 amide bonds. The Labute approximate surface area is 199 Å². The number of para-hydroxylation sites is 1. The number of fused-ring (bicyclic) bond motifs is 2. The van der Waals surface area contributed by atoms with Crippen molar-refractivity contribution in [3.63, 3.8) is 0 Å². The summed E-state index contributed by atoms with van der Waals surface area (Å²) in [6.07, 6.45) is 4.27. The van der Waals surface area contributed by atoms with Crippen molar-refractivity contribution in [1.82, 2.24) is 4.98 Å². The van der Waals surface area contributed by atoms with E-state index < -0.39 is 0 Å². The van der Waals surface area contributed by atoms with Crippen molar-refractivity contribution in [2.24, 2.45) is 0 Å². The first-order valence-electron chi connectivity index (χ1n) is 10.0. The molecular formula is C25H25IN2O3. The fourth-order valence-corrected chi connectivity index (χ4v) is 4.43. The van der Waals surface area contributed by atoms with E-state index in [1.165, 1.54) is 17.0 Å². The van der Waals surface area contributed by atoms with Gasteiger partial charge in [-0.15, -0.1) is 0 Å². The van der Waals surface area contributed by atoms with Crippen LogP contribution < -0.4 is 38.2 Å². The first-order chi connectivity index (χ1) is 14.5. The average molecular weight is 528 g/mol. The predicted octanol–water partition coefficient (Wildman–Crippen LogP) is 2.14. The lowest BCUT2D eigenvalue weighted by atomic mass is 9.81. The van der Waals surface area contributed by atoms with Crippen LogP contribution >= 0.6 is 0 Å². The maximum atomic E-state index is 5.63. The molecule has 0 atom stereocenters. The van der Waals surface area contributed by atoms with Gasteiger partial charge in [-0.2, -0.15) is 4.58 Å². The van der Waals surface area contributed by atoms with Crippen molar-refractivity contribution in [2.75, 3.05) is 21.0 Å². The quantitative estimate of drug-likeness (QED) is 0.417. The number of allylic oxidation sites excluding steroid dienone is 1. The number of rotatable bonds is 4. The highest BCUT2D eigenvalue weighted by Gasteiger charge is 2.42. The van der Waals surface area contributed by atoms with E-state index in [-0.39, 0.29) is 36.2 Å². The number of nitrogens with one attached hydrogen (secondary N) is 1. The smallest absolute Gasteiger partial charge is 0.231 e. The molecule has 0 fully saturated rings. The predicted molar refractivity (Wildman–Crippen MR) is 118 cm³/mol. The molecule has 0 bridgehead atoms. The SMILES string of the molecule is COc1cc(-c2ccc3c(c2)OCO3)[nH]c1/C=C/C1=[N+](C)c2ccccc2C1(C)C.[I-]. The van der Waals surface area contributed by atoms with E-state index in [2.05, 4.69) is 66.9 Å². The monoisotopic (exact) mass is 528 g/mol. The van der Waals surface area contributed by atoms with Crippen molar-refractivity contribution in [3.05, 3.63) is 65.9 Å². The largest absolute Gasteiger partial charge is 1.00 e. The standard InChI is InChI=1S/C25H24N2O3.HI/c1-25(2)17-7-5-6-8-20(17)27(3)24(25)12-10-18-22(28-4)14-19(26-18)16-9-11-21-23(13-16)30-15-29-21;/h5-14H,15H2,1-4H3;1H. The first-order valence-corrected chi connectivity index (χ1v) is 10.0. The molecule has 0 aliphatic carbocycles. The zero-order valence-corrected chi connectivity index (χ0v) is 20.2.